The van der Waals surface area contributed by atoms with E-state index in [1.165, 1.54) is 9.54 Å². The number of nitrogens with zero attached hydrogens (tertiary/aromatic N) is 1. The van der Waals surface area contributed by atoms with Crippen molar-refractivity contribution >= 4 is 38.1 Å². The van der Waals surface area contributed by atoms with Crippen molar-refractivity contribution in [1.82, 2.24) is 3.97 Å². The number of aryl methyl sites for hydroxylation is 3. The van der Waals surface area contributed by atoms with E-state index in [1.807, 2.05) is 45.0 Å². The number of alkyl halides is 1. The molecule has 0 unspecified atom stereocenters. The van der Waals surface area contributed by atoms with Gasteiger partial charge in [0.1, 0.15) is 0 Å². The maximum Gasteiger partial charge on any atom is 0.268 e. The van der Waals surface area contributed by atoms with Crippen molar-refractivity contribution < 1.29 is 8.42 Å². The predicted octanol–water partition coefficient (Wildman–Crippen LogP) is 5.93. The van der Waals surface area contributed by atoms with E-state index in [-0.39, 0.29) is 5.88 Å². The number of aromatic nitrogens is 1. The molecule has 0 atom stereocenters. The molecule has 0 aliphatic heterocycles. The van der Waals surface area contributed by atoms with Crippen LogP contribution in [0.1, 0.15) is 46.6 Å². The largest absolute Gasteiger partial charge is 0.268 e. The summed E-state index contributed by atoms with van der Waals surface area (Å²) >= 11 is 6.03. The standard InChI is InChI=1S/C23H24ClNO2S/c1-14-9-15(2)23(16(3)10-14)28(26,27)25-13-21(17(4)12-24)20-8-7-19(11-22(20)25)18-5-6-18/h7-11,13,18H,4-6,12H2,1-3H3. The molecule has 1 aliphatic rings. The minimum Gasteiger partial charge on any atom is -0.240 e. The number of halogens is 1. The van der Waals surface area contributed by atoms with E-state index in [0.717, 1.165) is 46.1 Å². The third-order valence-electron chi connectivity index (χ3n) is 5.51. The molecule has 3 aromatic rings. The smallest absolute Gasteiger partial charge is 0.240 e. The molecule has 1 aliphatic carbocycles. The number of allylic oxidation sites excluding steroid dienone is 1. The van der Waals surface area contributed by atoms with Crippen LogP contribution in [0.5, 0.6) is 0 Å². The first-order chi connectivity index (χ1) is 13.2. The zero-order chi connectivity index (χ0) is 20.2. The van der Waals surface area contributed by atoms with Crippen LogP contribution in [0.3, 0.4) is 0 Å². The molecule has 1 fully saturated rings. The number of rotatable bonds is 5. The van der Waals surface area contributed by atoms with Crippen molar-refractivity contribution in [3.8, 4) is 0 Å². The molecule has 28 heavy (non-hydrogen) atoms. The second-order valence-electron chi connectivity index (χ2n) is 7.86. The highest BCUT2D eigenvalue weighted by molar-refractivity contribution is 7.90. The van der Waals surface area contributed by atoms with Crippen LogP contribution < -0.4 is 0 Å². The summed E-state index contributed by atoms with van der Waals surface area (Å²) in [4.78, 5) is 0.370. The zero-order valence-electron chi connectivity index (χ0n) is 16.4. The Morgan fingerprint density at radius 2 is 1.79 bits per heavy atom. The average molecular weight is 414 g/mol. The molecule has 0 spiro atoms. The first kappa shape index (κ1) is 19.3. The van der Waals surface area contributed by atoms with Gasteiger partial charge < -0.3 is 0 Å². The van der Waals surface area contributed by atoms with Crippen LogP contribution in [-0.4, -0.2) is 18.3 Å². The lowest BCUT2D eigenvalue weighted by Crippen LogP contribution is -2.15. The van der Waals surface area contributed by atoms with Crippen molar-refractivity contribution in [3.63, 3.8) is 0 Å². The van der Waals surface area contributed by atoms with Gasteiger partial charge >= 0.3 is 0 Å². The van der Waals surface area contributed by atoms with Crippen LogP contribution in [0, 0.1) is 20.8 Å². The van der Waals surface area contributed by atoms with Crippen molar-refractivity contribution in [1.29, 1.82) is 0 Å². The third-order valence-corrected chi connectivity index (χ3v) is 7.81. The quantitative estimate of drug-likeness (QED) is 0.486. The first-order valence-electron chi connectivity index (χ1n) is 9.46. The van der Waals surface area contributed by atoms with Crippen molar-refractivity contribution in [2.45, 2.75) is 44.4 Å². The van der Waals surface area contributed by atoms with Gasteiger partial charge in [0, 0.05) is 23.0 Å². The topological polar surface area (TPSA) is 39.1 Å². The molecular formula is C23H24ClNO2S. The Morgan fingerprint density at radius 1 is 1.14 bits per heavy atom. The summed E-state index contributed by atoms with van der Waals surface area (Å²) in [5.41, 5.74) is 5.98. The van der Waals surface area contributed by atoms with Crippen LogP contribution in [0.15, 0.2) is 48.0 Å². The Kier molecular flexibility index (Phi) is 4.67. The van der Waals surface area contributed by atoms with Gasteiger partial charge in [-0.3, -0.25) is 0 Å². The summed E-state index contributed by atoms with van der Waals surface area (Å²) in [6, 6.07) is 9.97. The van der Waals surface area contributed by atoms with E-state index in [0.29, 0.717) is 16.3 Å². The van der Waals surface area contributed by atoms with Crippen LogP contribution in [-0.2, 0) is 10.0 Å². The van der Waals surface area contributed by atoms with Crippen LogP contribution in [0.4, 0.5) is 0 Å². The molecule has 2 aromatic carbocycles. The van der Waals surface area contributed by atoms with E-state index in [9.17, 15) is 8.42 Å². The number of hydrogen-bond acceptors (Lipinski definition) is 2. The molecule has 0 saturated heterocycles. The highest BCUT2D eigenvalue weighted by atomic mass is 35.5. The average Bonchev–Trinajstić information content (AvgIpc) is 3.39. The molecule has 5 heteroatoms. The fraction of sp³-hybridized carbons (Fsp3) is 0.304. The van der Waals surface area contributed by atoms with Gasteiger partial charge in [-0.1, -0.05) is 36.4 Å². The van der Waals surface area contributed by atoms with Gasteiger partial charge in [-0.2, -0.15) is 0 Å². The van der Waals surface area contributed by atoms with E-state index >= 15 is 0 Å². The monoisotopic (exact) mass is 413 g/mol. The van der Waals surface area contributed by atoms with Gasteiger partial charge in [-0.25, -0.2) is 12.4 Å². The van der Waals surface area contributed by atoms with Gasteiger partial charge in [0.05, 0.1) is 10.4 Å². The molecule has 0 bridgehead atoms. The Hall–Kier alpha value is -2.04. The van der Waals surface area contributed by atoms with E-state index in [4.69, 9.17) is 11.6 Å². The third kappa shape index (κ3) is 3.09. The lowest BCUT2D eigenvalue weighted by atomic mass is 10.0. The molecule has 1 saturated carbocycles. The van der Waals surface area contributed by atoms with E-state index in [2.05, 4.69) is 12.6 Å². The highest BCUT2D eigenvalue weighted by Crippen LogP contribution is 2.42. The second kappa shape index (κ2) is 6.78. The maximum absolute atomic E-state index is 13.7. The van der Waals surface area contributed by atoms with Crippen LogP contribution in [0.2, 0.25) is 0 Å². The van der Waals surface area contributed by atoms with Crippen molar-refractivity contribution in [3.05, 3.63) is 70.9 Å². The predicted molar refractivity (Wildman–Crippen MR) is 117 cm³/mol. The van der Waals surface area contributed by atoms with Gasteiger partial charge in [0.15, 0.2) is 0 Å². The molecule has 4 rings (SSSR count). The van der Waals surface area contributed by atoms with Crippen LogP contribution in [0.25, 0.3) is 16.5 Å². The lowest BCUT2D eigenvalue weighted by Gasteiger charge is -2.14. The van der Waals surface area contributed by atoms with Gasteiger partial charge in [0.25, 0.3) is 10.0 Å². The summed E-state index contributed by atoms with van der Waals surface area (Å²) in [5.74, 6) is 0.796. The van der Waals surface area contributed by atoms with E-state index < -0.39 is 10.0 Å². The highest BCUT2D eigenvalue weighted by Gasteiger charge is 2.28. The first-order valence-corrected chi connectivity index (χ1v) is 11.4. The molecule has 1 heterocycles. The fourth-order valence-corrected chi connectivity index (χ4v) is 6.04. The summed E-state index contributed by atoms with van der Waals surface area (Å²) < 4.78 is 28.9. The molecule has 146 valence electrons. The minimum atomic E-state index is -3.75. The Balaban J connectivity index is 2.02. The number of benzene rings is 2. The number of fused-ring (bicyclic) bond motifs is 1. The van der Waals surface area contributed by atoms with Crippen molar-refractivity contribution in [2.24, 2.45) is 0 Å². The zero-order valence-corrected chi connectivity index (χ0v) is 18.0. The molecule has 0 radical (unpaired) electrons. The summed E-state index contributed by atoms with van der Waals surface area (Å²) in [7, 11) is -3.75. The van der Waals surface area contributed by atoms with Gasteiger partial charge in [0.2, 0.25) is 0 Å². The van der Waals surface area contributed by atoms with E-state index in [1.54, 1.807) is 6.20 Å². The Morgan fingerprint density at radius 3 is 2.36 bits per heavy atom. The molecule has 0 amide bonds. The van der Waals surface area contributed by atoms with Crippen molar-refractivity contribution in [2.75, 3.05) is 5.88 Å². The normalized spacial score (nSPS) is 14.6. The maximum atomic E-state index is 13.7. The SMILES string of the molecule is C=C(CCl)c1cn(S(=O)(=O)c2c(C)cc(C)cc2C)c2cc(C3CC3)ccc12. The number of hydrogen-bond donors (Lipinski definition) is 0. The fourth-order valence-electron chi connectivity index (χ4n) is 4.11. The van der Waals surface area contributed by atoms with Gasteiger partial charge in [-0.15, -0.1) is 11.6 Å². The molecule has 3 nitrogen and oxygen atoms in total. The molecule has 1 aromatic heterocycles. The van der Waals surface area contributed by atoms with Gasteiger partial charge in [-0.05, 0) is 67.9 Å². The Labute approximate surface area is 171 Å². The second-order valence-corrected chi connectivity index (χ2v) is 9.88. The summed E-state index contributed by atoms with van der Waals surface area (Å²) in [6.07, 6.45) is 4.01. The summed E-state index contributed by atoms with van der Waals surface area (Å²) in [6.45, 7) is 9.72. The minimum absolute atomic E-state index is 0.256. The molecular weight excluding hydrogens is 390 g/mol. The Bertz CT molecular complexity index is 1190. The lowest BCUT2D eigenvalue weighted by molar-refractivity contribution is 0.587. The summed E-state index contributed by atoms with van der Waals surface area (Å²) in [5, 5.41) is 0.876. The molecule has 0 N–H and O–H groups in total. The van der Waals surface area contributed by atoms with Crippen LogP contribution >= 0.6 is 11.6 Å².